The molecular formula is C19H17ClF3NO. The van der Waals surface area contributed by atoms with Crippen molar-refractivity contribution in [3.8, 4) is 0 Å². The fourth-order valence-corrected chi connectivity index (χ4v) is 3.54. The number of carbonyl (C=O) groups excluding carboxylic acids is 1. The molecule has 2 aromatic carbocycles. The van der Waals surface area contributed by atoms with E-state index >= 15 is 0 Å². The van der Waals surface area contributed by atoms with Gasteiger partial charge >= 0.3 is 6.18 Å². The van der Waals surface area contributed by atoms with E-state index in [2.05, 4.69) is 5.32 Å². The van der Waals surface area contributed by atoms with Crippen molar-refractivity contribution in [1.29, 1.82) is 0 Å². The lowest BCUT2D eigenvalue weighted by Gasteiger charge is -2.22. The fraction of sp³-hybridized carbons (Fsp3) is 0.316. The van der Waals surface area contributed by atoms with Crippen LogP contribution in [0.25, 0.3) is 0 Å². The second kappa shape index (κ2) is 7.08. The zero-order chi connectivity index (χ0) is 18.0. The van der Waals surface area contributed by atoms with Gasteiger partial charge in [0, 0.05) is 17.0 Å². The van der Waals surface area contributed by atoms with E-state index in [0.717, 1.165) is 30.9 Å². The first kappa shape index (κ1) is 17.8. The van der Waals surface area contributed by atoms with Gasteiger partial charge in [-0.05, 0) is 42.7 Å². The monoisotopic (exact) mass is 367 g/mol. The molecule has 0 radical (unpaired) electrons. The summed E-state index contributed by atoms with van der Waals surface area (Å²) in [7, 11) is 0. The Labute approximate surface area is 149 Å². The zero-order valence-electron chi connectivity index (χ0n) is 13.3. The van der Waals surface area contributed by atoms with Crippen LogP contribution in [0.4, 0.5) is 13.2 Å². The van der Waals surface area contributed by atoms with Crippen LogP contribution in [-0.4, -0.2) is 11.9 Å². The van der Waals surface area contributed by atoms with E-state index in [4.69, 9.17) is 11.6 Å². The Morgan fingerprint density at radius 1 is 1.04 bits per heavy atom. The topological polar surface area (TPSA) is 29.1 Å². The Hall–Kier alpha value is -2.01. The Bertz CT molecular complexity index is 758. The molecule has 2 nitrogen and oxygen atoms in total. The van der Waals surface area contributed by atoms with Gasteiger partial charge in [-0.25, -0.2) is 0 Å². The van der Waals surface area contributed by atoms with Crippen LogP contribution in [0.2, 0.25) is 5.02 Å². The van der Waals surface area contributed by atoms with Gasteiger partial charge in [0.05, 0.1) is 11.1 Å². The Kier molecular flexibility index (Phi) is 5.04. The molecule has 6 heteroatoms. The zero-order valence-corrected chi connectivity index (χ0v) is 14.1. The van der Waals surface area contributed by atoms with Crippen LogP contribution in [0.1, 0.15) is 46.7 Å². The molecule has 2 atom stereocenters. The highest BCUT2D eigenvalue weighted by molar-refractivity contribution is 6.30. The Morgan fingerprint density at radius 2 is 1.72 bits per heavy atom. The molecule has 0 unspecified atom stereocenters. The molecule has 1 amide bonds. The summed E-state index contributed by atoms with van der Waals surface area (Å²) in [6, 6.07) is 12.1. The molecule has 0 saturated heterocycles. The number of hydrogen-bond acceptors (Lipinski definition) is 1. The third kappa shape index (κ3) is 3.98. The highest BCUT2D eigenvalue weighted by Crippen LogP contribution is 2.36. The molecule has 3 rings (SSSR count). The van der Waals surface area contributed by atoms with Crippen molar-refractivity contribution in [2.45, 2.75) is 37.4 Å². The van der Waals surface area contributed by atoms with Crippen molar-refractivity contribution < 1.29 is 18.0 Å². The second-order valence-electron chi connectivity index (χ2n) is 6.21. The second-order valence-corrected chi connectivity index (χ2v) is 6.65. The molecule has 0 aromatic heterocycles. The summed E-state index contributed by atoms with van der Waals surface area (Å²) in [6.07, 6.45) is -2.01. The number of halogens is 4. The minimum Gasteiger partial charge on any atom is -0.349 e. The summed E-state index contributed by atoms with van der Waals surface area (Å²) in [6.45, 7) is 0. The molecule has 0 aliphatic heterocycles. The maximum Gasteiger partial charge on any atom is 0.417 e. The summed E-state index contributed by atoms with van der Waals surface area (Å²) in [4.78, 5) is 12.5. The quantitative estimate of drug-likeness (QED) is 0.770. The number of hydrogen-bond donors (Lipinski definition) is 1. The Morgan fingerprint density at radius 3 is 2.40 bits per heavy atom. The van der Waals surface area contributed by atoms with Crippen LogP contribution in [0.3, 0.4) is 0 Å². The SMILES string of the molecule is O=C(N[C@@H]1CCC[C@H]1c1ccc(Cl)cc1)c1ccccc1C(F)(F)F. The van der Waals surface area contributed by atoms with Crippen LogP contribution < -0.4 is 5.32 Å². The molecule has 132 valence electrons. The number of carbonyl (C=O) groups is 1. The molecule has 0 spiro atoms. The third-order valence-electron chi connectivity index (χ3n) is 4.61. The Balaban J connectivity index is 1.80. The fourth-order valence-electron chi connectivity index (χ4n) is 3.42. The van der Waals surface area contributed by atoms with E-state index in [1.807, 2.05) is 12.1 Å². The van der Waals surface area contributed by atoms with E-state index in [1.165, 1.54) is 18.2 Å². The smallest absolute Gasteiger partial charge is 0.349 e. The van der Waals surface area contributed by atoms with Gasteiger partial charge in [-0.1, -0.05) is 42.3 Å². The number of benzene rings is 2. The van der Waals surface area contributed by atoms with E-state index in [-0.39, 0.29) is 17.5 Å². The van der Waals surface area contributed by atoms with Crippen LogP contribution in [0.5, 0.6) is 0 Å². The molecule has 1 saturated carbocycles. The molecule has 0 heterocycles. The van der Waals surface area contributed by atoms with Gasteiger partial charge in [0.15, 0.2) is 0 Å². The molecular weight excluding hydrogens is 351 g/mol. The molecule has 25 heavy (non-hydrogen) atoms. The summed E-state index contributed by atoms with van der Waals surface area (Å²) < 4.78 is 39.3. The molecule has 1 aliphatic carbocycles. The van der Waals surface area contributed by atoms with Crippen molar-refractivity contribution >= 4 is 17.5 Å². The summed E-state index contributed by atoms with van der Waals surface area (Å²) in [5.74, 6) is -0.599. The number of amides is 1. The number of rotatable bonds is 3. The summed E-state index contributed by atoms with van der Waals surface area (Å²) in [5.41, 5.74) is -0.207. The van der Waals surface area contributed by atoms with Gasteiger partial charge in [-0.3, -0.25) is 4.79 Å². The van der Waals surface area contributed by atoms with Gasteiger partial charge in [0.2, 0.25) is 0 Å². The summed E-state index contributed by atoms with van der Waals surface area (Å²) in [5, 5.41) is 3.43. The first-order valence-corrected chi connectivity index (χ1v) is 8.46. The molecule has 0 bridgehead atoms. The van der Waals surface area contributed by atoms with Crippen molar-refractivity contribution in [3.05, 3.63) is 70.2 Å². The van der Waals surface area contributed by atoms with E-state index in [9.17, 15) is 18.0 Å². The standard InChI is InChI=1S/C19H17ClF3NO/c20-13-10-8-12(9-11-13)14-5-3-7-17(14)24-18(25)15-4-1-2-6-16(15)19(21,22)23/h1-2,4,6,8-11,14,17H,3,5,7H2,(H,24,25)/t14-,17+/m0/s1. The maximum atomic E-state index is 13.1. The van der Waals surface area contributed by atoms with Gasteiger partial charge in [-0.15, -0.1) is 0 Å². The molecule has 2 aromatic rings. The normalized spacial score (nSPS) is 20.5. The average Bonchev–Trinajstić information content (AvgIpc) is 3.03. The lowest BCUT2D eigenvalue weighted by Crippen LogP contribution is -2.37. The number of alkyl halides is 3. The van der Waals surface area contributed by atoms with E-state index in [0.29, 0.717) is 5.02 Å². The lowest BCUT2D eigenvalue weighted by atomic mass is 9.93. The van der Waals surface area contributed by atoms with Crippen molar-refractivity contribution in [2.75, 3.05) is 0 Å². The molecule has 1 fully saturated rings. The average molecular weight is 368 g/mol. The van der Waals surface area contributed by atoms with Crippen molar-refractivity contribution in [3.63, 3.8) is 0 Å². The van der Waals surface area contributed by atoms with Crippen molar-refractivity contribution in [2.24, 2.45) is 0 Å². The predicted molar refractivity (Wildman–Crippen MR) is 90.7 cm³/mol. The summed E-state index contributed by atoms with van der Waals surface area (Å²) >= 11 is 5.90. The minimum atomic E-state index is -4.56. The van der Waals surface area contributed by atoms with Gasteiger partial charge < -0.3 is 5.32 Å². The van der Waals surface area contributed by atoms with Crippen LogP contribution in [0.15, 0.2) is 48.5 Å². The van der Waals surface area contributed by atoms with Gasteiger partial charge in [0.1, 0.15) is 0 Å². The molecule has 1 N–H and O–H groups in total. The van der Waals surface area contributed by atoms with Crippen LogP contribution in [0, 0.1) is 0 Å². The lowest BCUT2D eigenvalue weighted by molar-refractivity contribution is -0.137. The first-order chi connectivity index (χ1) is 11.9. The highest BCUT2D eigenvalue weighted by Gasteiger charge is 2.36. The van der Waals surface area contributed by atoms with E-state index in [1.54, 1.807) is 12.1 Å². The largest absolute Gasteiger partial charge is 0.417 e. The van der Waals surface area contributed by atoms with Crippen LogP contribution in [-0.2, 0) is 6.18 Å². The first-order valence-electron chi connectivity index (χ1n) is 8.09. The highest BCUT2D eigenvalue weighted by atomic mass is 35.5. The minimum absolute atomic E-state index is 0.0827. The maximum absolute atomic E-state index is 13.1. The van der Waals surface area contributed by atoms with E-state index < -0.39 is 17.6 Å². The number of nitrogens with one attached hydrogen (secondary N) is 1. The van der Waals surface area contributed by atoms with Crippen molar-refractivity contribution in [1.82, 2.24) is 5.32 Å². The van der Waals surface area contributed by atoms with Crippen LogP contribution >= 0.6 is 11.6 Å². The van der Waals surface area contributed by atoms with Gasteiger partial charge in [0.25, 0.3) is 5.91 Å². The molecule has 1 aliphatic rings. The van der Waals surface area contributed by atoms with Gasteiger partial charge in [-0.2, -0.15) is 13.2 Å². The predicted octanol–water partition coefficient (Wildman–Crippen LogP) is 5.42. The third-order valence-corrected chi connectivity index (χ3v) is 4.86.